The van der Waals surface area contributed by atoms with Crippen molar-refractivity contribution in [1.29, 1.82) is 0 Å². The van der Waals surface area contributed by atoms with Gasteiger partial charge in [0.05, 0.1) is 22.7 Å². The molecule has 0 aliphatic carbocycles. The maximum absolute atomic E-state index is 13.2. The molecule has 1 N–H and O–H groups in total. The number of aromatic nitrogens is 3. The Hall–Kier alpha value is -3.08. The molecule has 1 aliphatic heterocycles. The first-order valence-corrected chi connectivity index (χ1v) is 11.0. The van der Waals surface area contributed by atoms with Crippen molar-refractivity contribution in [2.45, 2.75) is 30.7 Å². The van der Waals surface area contributed by atoms with Crippen molar-refractivity contribution in [2.75, 3.05) is 29.1 Å². The minimum atomic E-state index is -4.50. The van der Waals surface area contributed by atoms with Crippen LogP contribution in [-0.2, 0) is 11.0 Å². The molecule has 0 spiro atoms. The van der Waals surface area contributed by atoms with E-state index in [9.17, 15) is 18.0 Å². The van der Waals surface area contributed by atoms with Crippen LogP contribution in [0, 0.1) is 0 Å². The topological polar surface area (TPSA) is 84.1 Å². The Morgan fingerprint density at radius 3 is 2.66 bits per heavy atom. The third-order valence-corrected chi connectivity index (χ3v) is 5.73. The standard InChI is InChI=1S/C21H20F3N5O2S/c22-21(23,24)14-7-8-17(29-10-4-1-5-11-29)16(12-14)26-18(30)13-32-20-28-27-19(31-20)15-6-2-3-9-25-15/h2-3,6-9,12H,1,4-5,10-11,13H2,(H,26,30). The number of carbonyl (C=O) groups is 1. The van der Waals surface area contributed by atoms with E-state index in [1.54, 1.807) is 24.4 Å². The molecule has 3 heterocycles. The number of nitrogens with zero attached hydrogens (tertiary/aromatic N) is 4. The lowest BCUT2D eigenvalue weighted by molar-refractivity contribution is -0.137. The fraction of sp³-hybridized carbons (Fsp3) is 0.333. The molecule has 0 saturated carbocycles. The van der Waals surface area contributed by atoms with E-state index in [1.165, 1.54) is 6.07 Å². The van der Waals surface area contributed by atoms with Crippen LogP contribution in [0.4, 0.5) is 24.5 Å². The molecule has 3 aromatic rings. The molecule has 1 saturated heterocycles. The maximum Gasteiger partial charge on any atom is 0.416 e. The molecule has 2 aromatic heterocycles. The summed E-state index contributed by atoms with van der Waals surface area (Å²) in [4.78, 5) is 18.6. The van der Waals surface area contributed by atoms with Crippen LogP contribution >= 0.6 is 11.8 Å². The van der Waals surface area contributed by atoms with Crippen LogP contribution in [0.1, 0.15) is 24.8 Å². The Balaban J connectivity index is 1.45. The van der Waals surface area contributed by atoms with Gasteiger partial charge >= 0.3 is 6.18 Å². The van der Waals surface area contributed by atoms with Crippen LogP contribution in [0.2, 0.25) is 0 Å². The van der Waals surface area contributed by atoms with Crippen LogP contribution < -0.4 is 10.2 Å². The van der Waals surface area contributed by atoms with Crippen molar-refractivity contribution in [1.82, 2.24) is 15.2 Å². The summed E-state index contributed by atoms with van der Waals surface area (Å²) in [5.74, 6) is -0.344. The molecule has 0 unspecified atom stereocenters. The van der Waals surface area contributed by atoms with Crippen LogP contribution in [0.3, 0.4) is 0 Å². The summed E-state index contributed by atoms with van der Waals surface area (Å²) in [7, 11) is 0. The Morgan fingerprint density at radius 2 is 1.94 bits per heavy atom. The number of anilines is 2. The van der Waals surface area contributed by atoms with Crippen molar-refractivity contribution in [3.63, 3.8) is 0 Å². The zero-order valence-electron chi connectivity index (χ0n) is 16.9. The third kappa shape index (κ3) is 5.39. The van der Waals surface area contributed by atoms with Gasteiger partial charge in [0, 0.05) is 19.3 Å². The molecule has 0 radical (unpaired) electrons. The molecule has 1 aromatic carbocycles. The van der Waals surface area contributed by atoms with E-state index >= 15 is 0 Å². The average molecular weight is 463 g/mol. The highest BCUT2D eigenvalue weighted by Crippen LogP contribution is 2.36. The van der Waals surface area contributed by atoms with E-state index in [1.807, 2.05) is 4.90 Å². The lowest BCUT2D eigenvalue weighted by Crippen LogP contribution is -2.30. The number of halogens is 3. The monoisotopic (exact) mass is 463 g/mol. The summed E-state index contributed by atoms with van der Waals surface area (Å²) in [6.45, 7) is 1.47. The molecule has 1 amide bonds. The number of amides is 1. The van der Waals surface area contributed by atoms with Gasteiger partial charge in [-0.2, -0.15) is 13.2 Å². The second-order valence-electron chi connectivity index (χ2n) is 7.20. The molecule has 11 heteroatoms. The van der Waals surface area contributed by atoms with Gasteiger partial charge in [0.25, 0.3) is 11.1 Å². The normalized spacial score (nSPS) is 14.4. The zero-order chi connectivity index (χ0) is 22.6. The minimum absolute atomic E-state index is 0.0977. The SMILES string of the molecule is O=C(CSc1nnc(-c2ccccn2)o1)Nc1cc(C(F)(F)F)ccc1N1CCCCC1. The Labute approximate surface area is 186 Å². The van der Waals surface area contributed by atoms with Crippen LogP contribution in [0.5, 0.6) is 0 Å². The number of thioether (sulfide) groups is 1. The fourth-order valence-electron chi connectivity index (χ4n) is 3.40. The van der Waals surface area contributed by atoms with Gasteiger partial charge in [-0.25, -0.2) is 0 Å². The predicted octanol–water partition coefficient (Wildman–Crippen LogP) is 4.87. The minimum Gasteiger partial charge on any atom is -0.410 e. The highest BCUT2D eigenvalue weighted by atomic mass is 32.2. The largest absolute Gasteiger partial charge is 0.416 e. The molecule has 0 bridgehead atoms. The fourth-order valence-corrected chi connectivity index (χ4v) is 3.96. The van der Waals surface area contributed by atoms with Gasteiger partial charge in [-0.05, 0) is 49.6 Å². The number of piperidine rings is 1. The van der Waals surface area contributed by atoms with Gasteiger partial charge in [-0.1, -0.05) is 17.8 Å². The highest BCUT2D eigenvalue weighted by Gasteiger charge is 2.32. The number of alkyl halides is 3. The molecule has 4 rings (SSSR count). The Kier molecular flexibility index (Phi) is 6.63. The van der Waals surface area contributed by atoms with Crippen LogP contribution in [0.15, 0.2) is 52.2 Å². The van der Waals surface area contributed by atoms with Gasteiger partial charge in [0.2, 0.25) is 5.91 Å². The van der Waals surface area contributed by atoms with Crippen molar-refractivity contribution in [2.24, 2.45) is 0 Å². The molecule has 0 atom stereocenters. The van der Waals surface area contributed by atoms with E-state index < -0.39 is 17.6 Å². The quantitative estimate of drug-likeness (QED) is 0.522. The van der Waals surface area contributed by atoms with Crippen LogP contribution in [0.25, 0.3) is 11.6 Å². The highest BCUT2D eigenvalue weighted by molar-refractivity contribution is 7.99. The third-order valence-electron chi connectivity index (χ3n) is 4.91. The van der Waals surface area contributed by atoms with Crippen molar-refractivity contribution in [3.05, 3.63) is 48.2 Å². The molecule has 1 aliphatic rings. The molecular weight excluding hydrogens is 443 g/mol. The summed E-state index contributed by atoms with van der Waals surface area (Å²) in [6.07, 6.45) is 0.0925. The van der Waals surface area contributed by atoms with Crippen molar-refractivity contribution < 1.29 is 22.4 Å². The van der Waals surface area contributed by atoms with E-state index in [4.69, 9.17) is 4.42 Å². The van der Waals surface area contributed by atoms with Gasteiger partial charge in [0.15, 0.2) is 0 Å². The summed E-state index contributed by atoms with van der Waals surface area (Å²) >= 11 is 0.999. The predicted molar refractivity (Wildman–Crippen MR) is 114 cm³/mol. The second-order valence-corrected chi connectivity index (χ2v) is 8.13. The molecule has 7 nitrogen and oxygen atoms in total. The number of benzene rings is 1. The number of rotatable bonds is 6. The second kappa shape index (κ2) is 9.60. The zero-order valence-corrected chi connectivity index (χ0v) is 17.7. The summed E-state index contributed by atoms with van der Waals surface area (Å²) in [6, 6.07) is 8.70. The van der Waals surface area contributed by atoms with E-state index in [0.717, 1.165) is 56.2 Å². The Bertz CT molecular complexity index is 1070. The van der Waals surface area contributed by atoms with Gasteiger partial charge in [-0.3, -0.25) is 9.78 Å². The first-order valence-electron chi connectivity index (χ1n) is 10.0. The summed E-state index contributed by atoms with van der Waals surface area (Å²) in [5, 5.41) is 10.6. The number of pyridine rings is 1. The van der Waals surface area contributed by atoms with Gasteiger partial charge in [-0.15, -0.1) is 10.2 Å². The van der Waals surface area contributed by atoms with E-state index in [0.29, 0.717) is 11.4 Å². The lowest BCUT2D eigenvalue weighted by atomic mass is 10.1. The Morgan fingerprint density at radius 1 is 1.12 bits per heavy atom. The molecule has 1 fully saturated rings. The average Bonchev–Trinajstić information content (AvgIpc) is 3.27. The first kappa shape index (κ1) is 22.1. The number of nitrogens with one attached hydrogen (secondary N) is 1. The number of hydrogen-bond donors (Lipinski definition) is 1. The van der Waals surface area contributed by atoms with Gasteiger partial charge < -0.3 is 14.6 Å². The maximum atomic E-state index is 13.2. The smallest absolute Gasteiger partial charge is 0.410 e. The first-order chi connectivity index (χ1) is 15.4. The van der Waals surface area contributed by atoms with Crippen molar-refractivity contribution >= 4 is 29.0 Å². The van der Waals surface area contributed by atoms with Crippen molar-refractivity contribution in [3.8, 4) is 11.6 Å². The molecule has 168 valence electrons. The molecule has 32 heavy (non-hydrogen) atoms. The van der Waals surface area contributed by atoms with E-state index in [2.05, 4.69) is 20.5 Å². The molecular formula is C21H20F3N5O2S. The summed E-state index contributed by atoms with van der Waals surface area (Å²) in [5.41, 5.74) is 0.433. The lowest BCUT2D eigenvalue weighted by Gasteiger charge is -2.31. The van der Waals surface area contributed by atoms with Crippen LogP contribution in [-0.4, -0.2) is 39.9 Å². The number of carbonyl (C=O) groups excluding carboxylic acids is 1. The van der Waals surface area contributed by atoms with Gasteiger partial charge in [0.1, 0.15) is 5.69 Å². The van der Waals surface area contributed by atoms with E-state index in [-0.39, 0.29) is 22.6 Å². The summed E-state index contributed by atoms with van der Waals surface area (Å²) < 4.78 is 45.2. The number of hydrogen-bond acceptors (Lipinski definition) is 7.